The lowest BCUT2D eigenvalue weighted by molar-refractivity contribution is -0.383. The van der Waals surface area contributed by atoms with Gasteiger partial charge < -0.3 is 11.1 Å². The van der Waals surface area contributed by atoms with E-state index < -0.39 is 4.92 Å². The summed E-state index contributed by atoms with van der Waals surface area (Å²) >= 11 is 1.60. The van der Waals surface area contributed by atoms with E-state index in [2.05, 4.69) is 22.2 Å². The number of aromatic nitrogens is 2. The van der Waals surface area contributed by atoms with Crippen LogP contribution in [0.25, 0.3) is 0 Å². The first kappa shape index (κ1) is 13.2. The van der Waals surface area contributed by atoms with Gasteiger partial charge in [0.15, 0.2) is 0 Å². The predicted octanol–water partition coefficient (Wildman–Crippen LogP) is 2.20. The van der Waals surface area contributed by atoms with Crippen LogP contribution in [0.5, 0.6) is 0 Å². The molecule has 3 N–H and O–H groups in total. The van der Waals surface area contributed by atoms with Crippen molar-refractivity contribution in [2.24, 2.45) is 0 Å². The second kappa shape index (κ2) is 5.61. The van der Waals surface area contributed by atoms with Gasteiger partial charge in [0.25, 0.3) is 0 Å². The summed E-state index contributed by atoms with van der Waals surface area (Å²) in [5.41, 5.74) is 6.44. The van der Waals surface area contributed by atoms with E-state index in [0.717, 1.165) is 11.3 Å². The molecule has 0 aliphatic carbocycles. The maximum Gasteiger partial charge on any atom is 0.352 e. The molecule has 100 valence electrons. The molecule has 0 saturated heterocycles. The highest BCUT2D eigenvalue weighted by Gasteiger charge is 2.20. The molecule has 0 unspecified atom stereocenters. The Hall–Kier alpha value is -2.22. The van der Waals surface area contributed by atoms with Crippen molar-refractivity contribution >= 4 is 28.7 Å². The average Bonchev–Trinajstić information content (AvgIpc) is 2.83. The van der Waals surface area contributed by atoms with Gasteiger partial charge in [0.1, 0.15) is 6.33 Å². The SMILES string of the molecule is CCc1ccsc1CNc1ncnc(N)c1[N+](=O)[O-]. The van der Waals surface area contributed by atoms with Gasteiger partial charge in [-0.3, -0.25) is 10.1 Å². The first-order valence-electron chi connectivity index (χ1n) is 5.67. The van der Waals surface area contributed by atoms with Gasteiger partial charge in [-0.15, -0.1) is 11.3 Å². The van der Waals surface area contributed by atoms with Gasteiger partial charge in [0, 0.05) is 4.88 Å². The van der Waals surface area contributed by atoms with Crippen molar-refractivity contribution in [3.63, 3.8) is 0 Å². The highest BCUT2D eigenvalue weighted by atomic mass is 32.1. The van der Waals surface area contributed by atoms with Crippen molar-refractivity contribution in [3.8, 4) is 0 Å². The maximum atomic E-state index is 10.9. The summed E-state index contributed by atoms with van der Waals surface area (Å²) in [6, 6.07) is 2.05. The topological polar surface area (TPSA) is 107 Å². The number of nitrogens with two attached hydrogens (primary N) is 1. The summed E-state index contributed by atoms with van der Waals surface area (Å²) < 4.78 is 0. The van der Waals surface area contributed by atoms with Gasteiger partial charge in [0.2, 0.25) is 11.6 Å². The fourth-order valence-corrected chi connectivity index (χ4v) is 2.62. The van der Waals surface area contributed by atoms with Crippen LogP contribution >= 0.6 is 11.3 Å². The third-order valence-corrected chi connectivity index (χ3v) is 3.63. The second-order valence-corrected chi connectivity index (χ2v) is 4.79. The van der Waals surface area contributed by atoms with Crippen LogP contribution in [-0.2, 0) is 13.0 Å². The average molecular weight is 279 g/mol. The third kappa shape index (κ3) is 2.79. The van der Waals surface area contributed by atoms with Gasteiger partial charge in [-0.1, -0.05) is 6.92 Å². The Morgan fingerprint density at radius 2 is 2.32 bits per heavy atom. The van der Waals surface area contributed by atoms with E-state index in [0.29, 0.717) is 6.54 Å². The number of hydrogen-bond donors (Lipinski definition) is 2. The molecule has 2 aromatic rings. The first-order valence-corrected chi connectivity index (χ1v) is 6.55. The smallest absolute Gasteiger partial charge is 0.352 e. The van der Waals surface area contributed by atoms with E-state index in [1.54, 1.807) is 11.3 Å². The molecule has 0 atom stereocenters. The Bertz CT molecular complexity index is 599. The van der Waals surface area contributed by atoms with Gasteiger partial charge in [-0.25, -0.2) is 9.97 Å². The number of nitrogens with one attached hydrogen (secondary N) is 1. The number of hydrogen-bond acceptors (Lipinski definition) is 7. The van der Waals surface area contributed by atoms with Crippen LogP contribution in [0, 0.1) is 10.1 Å². The molecule has 7 nitrogen and oxygen atoms in total. The maximum absolute atomic E-state index is 10.9. The molecule has 2 rings (SSSR count). The Kier molecular flexibility index (Phi) is 3.91. The van der Waals surface area contributed by atoms with Crippen molar-refractivity contribution < 1.29 is 4.92 Å². The number of nitrogen functional groups attached to an aromatic ring is 1. The molecule has 0 aliphatic heterocycles. The zero-order chi connectivity index (χ0) is 13.8. The van der Waals surface area contributed by atoms with Crippen LogP contribution in [-0.4, -0.2) is 14.9 Å². The summed E-state index contributed by atoms with van der Waals surface area (Å²) in [6.07, 6.45) is 2.13. The van der Waals surface area contributed by atoms with E-state index in [1.165, 1.54) is 11.9 Å². The van der Waals surface area contributed by atoms with Crippen molar-refractivity contribution in [1.82, 2.24) is 9.97 Å². The standard InChI is InChI=1S/C11H13N5O2S/c1-2-7-3-4-19-8(7)5-13-11-9(16(17)18)10(12)14-6-15-11/h3-4,6H,2,5H2,1H3,(H3,12,13,14,15). The molecule has 0 radical (unpaired) electrons. The van der Waals surface area contributed by atoms with E-state index in [9.17, 15) is 10.1 Å². The highest BCUT2D eigenvalue weighted by molar-refractivity contribution is 7.10. The van der Waals surface area contributed by atoms with Crippen molar-refractivity contribution in [2.45, 2.75) is 19.9 Å². The minimum atomic E-state index is -0.577. The fourth-order valence-electron chi connectivity index (χ4n) is 1.70. The number of nitro groups is 1. The molecular weight excluding hydrogens is 266 g/mol. The number of nitrogens with zero attached hydrogens (tertiary/aromatic N) is 3. The monoisotopic (exact) mass is 279 g/mol. The summed E-state index contributed by atoms with van der Waals surface area (Å²) in [6.45, 7) is 2.55. The van der Waals surface area contributed by atoms with E-state index in [4.69, 9.17) is 5.73 Å². The lowest BCUT2D eigenvalue weighted by atomic mass is 10.2. The Labute approximate surface area is 113 Å². The van der Waals surface area contributed by atoms with Gasteiger partial charge in [-0.05, 0) is 23.4 Å². The largest absolute Gasteiger partial charge is 0.378 e. The molecular formula is C11H13N5O2S. The van der Waals surface area contributed by atoms with Crippen molar-refractivity contribution in [3.05, 3.63) is 38.3 Å². The fraction of sp³-hybridized carbons (Fsp3) is 0.273. The summed E-state index contributed by atoms with van der Waals surface area (Å²) in [5.74, 6) is 0.0114. The zero-order valence-corrected chi connectivity index (χ0v) is 11.1. The van der Waals surface area contributed by atoms with Crippen LogP contribution < -0.4 is 11.1 Å². The van der Waals surface area contributed by atoms with Crippen LogP contribution in [0.2, 0.25) is 0 Å². The minimum absolute atomic E-state index is 0.135. The normalized spacial score (nSPS) is 10.4. The number of thiophene rings is 1. The van der Waals surface area contributed by atoms with Gasteiger partial charge in [-0.2, -0.15) is 0 Å². The third-order valence-electron chi connectivity index (χ3n) is 2.67. The number of rotatable bonds is 5. The summed E-state index contributed by atoms with van der Waals surface area (Å²) in [7, 11) is 0. The predicted molar refractivity (Wildman–Crippen MR) is 74.1 cm³/mol. The molecule has 2 heterocycles. The Morgan fingerprint density at radius 3 is 3.00 bits per heavy atom. The number of aryl methyl sites for hydroxylation is 1. The lowest BCUT2D eigenvalue weighted by Crippen LogP contribution is -2.08. The summed E-state index contributed by atoms with van der Waals surface area (Å²) in [5, 5.41) is 15.9. The van der Waals surface area contributed by atoms with Gasteiger partial charge in [0.05, 0.1) is 11.5 Å². The van der Waals surface area contributed by atoms with Crippen LogP contribution in [0.1, 0.15) is 17.4 Å². The van der Waals surface area contributed by atoms with Crippen LogP contribution in [0.4, 0.5) is 17.3 Å². The lowest BCUT2D eigenvalue weighted by Gasteiger charge is -2.06. The highest BCUT2D eigenvalue weighted by Crippen LogP contribution is 2.27. The van der Waals surface area contributed by atoms with E-state index in [-0.39, 0.29) is 17.3 Å². The molecule has 0 bridgehead atoms. The molecule has 0 saturated carbocycles. The molecule has 0 fully saturated rings. The molecule has 0 amide bonds. The van der Waals surface area contributed by atoms with E-state index in [1.807, 2.05) is 11.4 Å². The molecule has 8 heteroatoms. The Balaban J connectivity index is 2.20. The van der Waals surface area contributed by atoms with Gasteiger partial charge >= 0.3 is 5.69 Å². The first-order chi connectivity index (χ1) is 9.13. The van der Waals surface area contributed by atoms with E-state index >= 15 is 0 Å². The molecule has 0 spiro atoms. The minimum Gasteiger partial charge on any atom is -0.378 e. The molecule has 0 aromatic carbocycles. The Morgan fingerprint density at radius 1 is 1.53 bits per heavy atom. The number of anilines is 2. The molecule has 2 aromatic heterocycles. The van der Waals surface area contributed by atoms with Crippen molar-refractivity contribution in [2.75, 3.05) is 11.1 Å². The van der Waals surface area contributed by atoms with Crippen LogP contribution in [0.15, 0.2) is 17.8 Å². The van der Waals surface area contributed by atoms with Crippen molar-refractivity contribution in [1.29, 1.82) is 0 Å². The van der Waals surface area contributed by atoms with Crippen LogP contribution in [0.3, 0.4) is 0 Å². The summed E-state index contributed by atoms with van der Waals surface area (Å²) in [4.78, 5) is 19.0. The zero-order valence-electron chi connectivity index (χ0n) is 10.3. The second-order valence-electron chi connectivity index (χ2n) is 3.79. The quantitative estimate of drug-likeness (QED) is 0.641. The molecule has 19 heavy (non-hydrogen) atoms. The molecule has 0 aliphatic rings.